The maximum atomic E-state index is 5.71. The van der Waals surface area contributed by atoms with Gasteiger partial charge < -0.3 is 14.6 Å². The monoisotopic (exact) mass is 260 g/mol. The average molecular weight is 260 g/mol. The van der Waals surface area contributed by atoms with Gasteiger partial charge in [0.2, 0.25) is 0 Å². The Kier molecular flexibility index (Phi) is 4.58. The standard InChI is InChI=1S/C15H20N2O2/c1-4-16-12(3)13-6-5-7-14(9-13)18-10-15-8-11(2)17-19-15/h5-9,12,16H,4,10H2,1-3H3. The van der Waals surface area contributed by atoms with E-state index < -0.39 is 0 Å². The summed E-state index contributed by atoms with van der Waals surface area (Å²) in [6, 6.07) is 10.3. The predicted octanol–water partition coefficient (Wildman–Crippen LogP) is 3.23. The molecule has 0 aliphatic heterocycles. The van der Waals surface area contributed by atoms with Crippen LogP contribution in [0.3, 0.4) is 0 Å². The molecule has 1 atom stereocenters. The number of ether oxygens (including phenoxy) is 1. The van der Waals surface area contributed by atoms with Crippen molar-refractivity contribution in [3.05, 3.63) is 47.3 Å². The Labute approximate surface area is 113 Å². The Balaban J connectivity index is 1.98. The van der Waals surface area contributed by atoms with Crippen LogP contribution in [-0.2, 0) is 6.61 Å². The first-order valence-corrected chi connectivity index (χ1v) is 6.57. The van der Waals surface area contributed by atoms with Crippen LogP contribution < -0.4 is 10.1 Å². The van der Waals surface area contributed by atoms with Crippen molar-refractivity contribution in [3.8, 4) is 5.75 Å². The van der Waals surface area contributed by atoms with Gasteiger partial charge in [-0.15, -0.1) is 0 Å². The zero-order valence-corrected chi connectivity index (χ0v) is 11.6. The molecule has 102 valence electrons. The highest BCUT2D eigenvalue weighted by molar-refractivity contribution is 5.30. The summed E-state index contributed by atoms with van der Waals surface area (Å²) in [4.78, 5) is 0. The van der Waals surface area contributed by atoms with E-state index in [4.69, 9.17) is 9.26 Å². The van der Waals surface area contributed by atoms with Gasteiger partial charge in [0.05, 0.1) is 5.69 Å². The highest BCUT2D eigenvalue weighted by atomic mass is 16.5. The normalized spacial score (nSPS) is 12.4. The number of aromatic nitrogens is 1. The largest absolute Gasteiger partial charge is 0.486 e. The quantitative estimate of drug-likeness (QED) is 0.866. The molecule has 1 unspecified atom stereocenters. The molecule has 0 spiro atoms. The van der Waals surface area contributed by atoms with Gasteiger partial charge in [0.25, 0.3) is 0 Å². The minimum absolute atomic E-state index is 0.320. The van der Waals surface area contributed by atoms with Crippen molar-refractivity contribution in [1.82, 2.24) is 10.5 Å². The first-order valence-electron chi connectivity index (χ1n) is 6.57. The van der Waals surface area contributed by atoms with Gasteiger partial charge >= 0.3 is 0 Å². The van der Waals surface area contributed by atoms with Crippen molar-refractivity contribution in [1.29, 1.82) is 0 Å². The molecular formula is C15H20N2O2. The first-order chi connectivity index (χ1) is 9.19. The number of hydrogen-bond donors (Lipinski definition) is 1. The Bertz CT molecular complexity index is 522. The molecule has 2 aromatic rings. The van der Waals surface area contributed by atoms with Crippen molar-refractivity contribution in [2.24, 2.45) is 0 Å². The van der Waals surface area contributed by atoms with E-state index >= 15 is 0 Å². The lowest BCUT2D eigenvalue weighted by atomic mass is 10.1. The van der Waals surface area contributed by atoms with Crippen molar-refractivity contribution >= 4 is 0 Å². The lowest BCUT2D eigenvalue weighted by Gasteiger charge is -2.14. The summed E-state index contributed by atoms with van der Waals surface area (Å²) in [6.45, 7) is 7.49. The van der Waals surface area contributed by atoms with E-state index in [2.05, 4.69) is 36.5 Å². The van der Waals surface area contributed by atoms with Gasteiger partial charge in [-0.1, -0.05) is 24.2 Å². The fourth-order valence-corrected chi connectivity index (χ4v) is 1.94. The second-order valence-electron chi connectivity index (χ2n) is 4.58. The third kappa shape index (κ3) is 3.83. The SMILES string of the molecule is CCNC(C)c1cccc(OCc2cc(C)no2)c1. The summed E-state index contributed by atoms with van der Waals surface area (Å²) in [7, 11) is 0. The van der Waals surface area contributed by atoms with Crippen LogP contribution in [0, 0.1) is 6.92 Å². The zero-order valence-electron chi connectivity index (χ0n) is 11.6. The van der Waals surface area contributed by atoms with Crippen LogP contribution >= 0.6 is 0 Å². The molecule has 0 bridgehead atoms. The number of nitrogens with zero attached hydrogens (tertiary/aromatic N) is 1. The minimum atomic E-state index is 0.320. The van der Waals surface area contributed by atoms with Crippen molar-refractivity contribution in [2.75, 3.05) is 6.54 Å². The zero-order chi connectivity index (χ0) is 13.7. The smallest absolute Gasteiger partial charge is 0.174 e. The molecule has 1 heterocycles. The maximum absolute atomic E-state index is 5.71. The third-order valence-corrected chi connectivity index (χ3v) is 2.93. The first kappa shape index (κ1) is 13.6. The number of aryl methyl sites for hydroxylation is 1. The fraction of sp³-hybridized carbons (Fsp3) is 0.400. The lowest BCUT2D eigenvalue weighted by molar-refractivity contribution is 0.248. The van der Waals surface area contributed by atoms with E-state index in [1.54, 1.807) is 0 Å². The summed E-state index contributed by atoms with van der Waals surface area (Å²) in [6.07, 6.45) is 0. The number of rotatable bonds is 6. The molecule has 0 saturated heterocycles. The van der Waals surface area contributed by atoms with E-state index in [1.807, 2.05) is 25.1 Å². The van der Waals surface area contributed by atoms with Gasteiger partial charge in [-0.2, -0.15) is 0 Å². The fourth-order valence-electron chi connectivity index (χ4n) is 1.94. The van der Waals surface area contributed by atoms with Gasteiger partial charge in [-0.3, -0.25) is 0 Å². The molecule has 4 heteroatoms. The van der Waals surface area contributed by atoms with Crippen LogP contribution in [0.4, 0.5) is 0 Å². The van der Waals surface area contributed by atoms with Gasteiger partial charge in [0, 0.05) is 12.1 Å². The highest BCUT2D eigenvalue weighted by Gasteiger charge is 2.06. The van der Waals surface area contributed by atoms with Crippen LogP contribution in [0.5, 0.6) is 5.75 Å². The summed E-state index contributed by atoms with van der Waals surface area (Å²) in [5.41, 5.74) is 2.08. The van der Waals surface area contributed by atoms with Crippen LogP contribution in [-0.4, -0.2) is 11.7 Å². The Hall–Kier alpha value is -1.81. The number of benzene rings is 1. The van der Waals surface area contributed by atoms with Gasteiger partial charge in [-0.25, -0.2) is 0 Å². The van der Waals surface area contributed by atoms with Gasteiger partial charge in [0.1, 0.15) is 12.4 Å². The molecule has 0 aliphatic rings. The van der Waals surface area contributed by atoms with E-state index in [1.165, 1.54) is 5.56 Å². The molecule has 19 heavy (non-hydrogen) atoms. The Morgan fingerprint density at radius 3 is 2.89 bits per heavy atom. The topological polar surface area (TPSA) is 47.3 Å². The number of nitrogens with one attached hydrogen (secondary N) is 1. The summed E-state index contributed by atoms with van der Waals surface area (Å²) < 4.78 is 10.8. The highest BCUT2D eigenvalue weighted by Crippen LogP contribution is 2.20. The molecule has 4 nitrogen and oxygen atoms in total. The molecule has 0 amide bonds. The van der Waals surface area contributed by atoms with E-state index in [-0.39, 0.29) is 0 Å². The predicted molar refractivity (Wildman–Crippen MR) is 74.1 cm³/mol. The molecule has 0 radical (unpaired) electrons. The van der Waals surface area contributed by atoms with E-state index in [0.29, 0.717) is 12.6 Å². The number of hydrogen-bond acceptors (Lipinski definition) is 4. The summed E-state index contributed by atoms with van der Waals surface area (Å²) in [5.74, 6) is 1.58. The van der Waals surface area contributed by atoms with Gasteiger partial charge in [-0.05, 0) is 38.1 Å². The third-order valence-electron chi connectivity index (χ3n) is 2.93. The van der Waals surface area contributed by atoms with Crippen molar-refractivity contribution in [2.45, 2.75) is 33.4 Å². The Morgan fingerprint density at radius 2 is 2.21 bits per heavy atom. The molecule has 1 aromatic carbocycles. The molecule has 0 aliphatic carbocycles. The van der Waals surface area contributed by atoms with Crippen LogP contribution in [0.25, 0.3) is 0 Å². The lowest BCUT2D eigenvalue weighted by Crippen LogP contribution is -2.17. The summed E-state index contributed by atoms with van der Waals surface area (Å²) >= 11 is 0. The van der Waals surface area contributed by atoms with Crippen molar-refractivity contribution in [3.63, 3.8) is 0 Å². The van der Waals surface area contributed by atoms with Gasteiger partial charge in [0.15, 0.2) is 5.76 Å². The second-order valence-corrected chi connectivity index (χ2v) is 4.58. The molecule has 1 N–H and O–H groups in total. The Morgan fingerprint density at radius 1 is 1.37 bits per heavy atom. The minimum Gasteiger partial charge on any atom is -0.486 e. The molecule has 2 rings (SSSR count). The summed E-state index contributed by atoms with van der Waals surface area (Å²) in [5, 5.41) is 7.22. The van der Waals surface area contributed by atoms with E-state index in [0.717, 1.165) is 23.7 Å². The second kappa shape index (κ2) is 6.38. The average Bonchev–Trinajstić information content (AvgIpc) is 2.83. The van der Waals surface area contributed by atoms with Crippen LogP contribution in [0.1, 0.15) is 36.9 Å². The van der Waals surface area contributed by atoms with Crippen LogP contribution in [0.2, 0.25) is 0 Å². The molecule has 0 fully saturated rings. The van der Waals surface area contributed by atoms with Crippen molar-refractivity contribution < 1.29 is 9.26 Å². The molecule has 1 aromatic heterocycles. The van der Waals surface area contributed by atoms with E-state index in [9.17, 15) is 0 Å². The molecule has 0 saturated carbocycles. The maximum Gasteiger partial charge on any atom is 0.174 e. The van der Waals surface area contributed by atoms with Crippen LogP contribution in [0.15, 0.2) is 34.9 Å². The molecular weight excluding hydrogens is 240 g/mol.